The van der Waals surface area contributed by atoms with Crippen molar-refractivity contribution in [1.82, 2.24) is 5.32 Å². The number of benzene rings is 1. The number of amides is 1. The largest absolute Gasteiger partial charge is 0.479 e. The average Bonchev–Trinajstić information content (AvgIpc) is 2.45. The van der Waals surface area contributed by atoms with Gasteiger partial charge in [0.15, 0.2) is 6.10 Å². The van der Waals surface area contributed by atoms with Crippen LogP contribution >= 0.6 is 0 Å². The Morgan fingerprint density at radius 3 is 2.90 bits per heavy atom. The second-order valence-corrected chi connectivity index (χ2v) is 4.26. The molecule has 0 aliphatic rings. The molecule has 0 saturated carbocycles. The smallest absolute Gasteiger partial charge is 0.260 e. The summed E-state index contributed by atoms with van der Waals surface area (Å²) < 4.78 is 10.4. The molecular weight excluding hydrogens is 258 g/mol. The molecule has 3 N–H and O–H groups in total. The second kappa shape index (κ2) is 8.02. The number of nitrogens with zero attached hydrogens (tertiary/aromatic N) is 1. The minimum absolute atomic E-state index is 0.218. The number of methoxy groups -OCH3 is 1. The molecule has 6 heteroatoms. The molecule has 0 fully saturated rings. The Kier molecular flexibility index (Phi) is 6.33. The minimum atomic E-state index is -0.659. The van der Waals surface area contributed by atoms with Gasteiger partial charge in [0.2, 0.25) is 0 Å². The molecule has 0 aromatic heterocycles. The number of hydrogen-bond donors (Lipinski definition) is 2. The summed E-state index contributed by atoms with van der Waals surface area (Å²) in [5.41, 5.74) is 6.55. The summed E-state index contributed by atoms with van der Waals surface area (Å²) in [4.78, 5) is 11.8. The van der Waals surface area contributed by atoms with Gasteiger partial charge in [0.1, 0.15) is 5.75 Å². The van der Waals surface area contributed by atoms with Gasteiger partial charge in [-0.3, -0.25) is 4.79 Å². The highest BCUT2D eigenvalue weighted by Gasteiger charge is 2.15. The Labute approximate surface area is 118 Å². The SMILES string of the molecule is COCCCNC(=O)C(C)Oc1ccc(C#N)cc1N. The van der Waals surface area contributed by atoms with Crippen molar-refractivity contribution in [1.29, 1.82) is 5.26 Å². The zero-order chi connectivity index (χ0) is 15.0. The number of nitriles is 1. The quantitative estimate of drug-likeness (QED) is 0.573. The maximum atomic E-state index is 11.8. The number of carbonyl (C=O) groups is 1. The predicted octanol–water partition coefficient (Wildman–Crippen LogP) is 1.06. The van der Waals surface area contributed by atoms with Crippen molar-refractivity contribution < 1.29 is 14.3 Å². The summed E-state index contributed by atoms with van der Waals surface area (Å²) in [6.07, 6.45) is 0.0846. The fraction of sp³-hybridized carbons (Fsp3) is 0.429. The van der Waals surface area contributed by atoms with E-state index in [0.717, 1.165) is 6.42 Å². The first-order valence-corrected chi connectivity index (χ1v) is 6.31. The Morgan fingerprint density at radius 2 is 2.30 bits per heavy atom. The van der Waals surface area contributed by atoms with Crippen LogP contribution in [0, 0.1) is 11.3 Å². The maximum Gasteiger partial charge on any atom is 0.260 e. The third-order valence-electron chi connectivity index (χ3n) is 2.64. The van der Waals surface area contributed by atoms with E-state index in [4.69, 9.17) is 20.5 Å². The zero-order valence-corrected chi connectivity index (χ0v) is 11.7. The average molecular weight is 277 g/mol. The molecule has 0 radical (unpaired) electrons. The molecule has 1 aromatic rings. The van der Waals surface area contributed by atoms with Gasteiger partial charge in [0.05, 0.1) is 17.3 Å². The lowest BCUT2D eigenvalue weighted by molar-refractivity contribution is -0.127. The van der Waals surface area contributed by atoms with Crippen LogP contribution in [0.5, 0.6) is 5.75 Å². The van der Waals surface area contributed by atoms with Crippen molar-refractivity contribution in [2.45, 2.75) is 19.4 Å². The molecule has 1 rings (SSSR count). The van der Waals surface area contributed by atoms with E-state index in [2.05, 4.69) is 5.32 Å². The molecular formula is C14H19N3O3. The first kappa shape index (κ1) is 15.8. The Hall–Kier alpha value is -2.26. The molecule has 1 atom stereocenters. The fourth-order valence-corrected chi connectivity index (χ4v) is 1.54. The van der Waals surface area contributed by atoms with Crippen LogP contribution in [0.3, 0.4) is 0 Å². The lowest BCUT2D eigenvalue weighted by Crippen LogP contribution is -2.37. The standard InChI is InChI=1S/C14H19N3O3/c1-10(14(18)17-6-3-7-19-2)20-13-5-4-11(9-15)8-12(13)16/h4-5,8,10H,3,6-7,16H2,1-2H3,(H,17,18). The molecule has 0 spiro atoms. The molecule has 0 bridgehead atoms. The van der Waals surface area contributed by atoms with Gasteiger partial charge in [0.25, 0.3) is 5.91 Å². The summed E-state index contributed by atoms with van der Waals surface area (Å²) in [6.45, 7) is 2.77. The van der Waals surface area contributed by atoms with E-state index in [0.29, 0.717) is 30.2 Å². The van der Waals surface area contributed by atoms with Crippen LogP contribution in [0.25, 0.3) is 0 Å². The fourth-order valence-electron chi connectivity index (χ4n) is 1.54. The normalized spacial score (nSPS) is 11.4. The minimum Gasteiger partial charge on any atom is -0.479 e. The third kappa shape index (κ3) is 4.78. The van der Waals surface area contributed by atoms with Gasteiger partial charge in [-0.1, -0.05) is 0 Å². The van der Waals surface area contributed by atoms with Gasteiger partial charge in [-0.25, -0.2) is 0 Å². The van der Waals surface area contributed by atoms with E-state index < -0.39 is 6.10 Å². The van der Waals surface area contributed by atoms with E-state index >= 15 is 0 Å². The van der Waals surface area contributed by atoms with E-state index in [9.17, 15) is 4.79 Å². The number of hydrogen-bond acceptors (Lipinski definition) is 5. The van der Waals surface area contributed by atoms with Crippen LogP contribution in [-0.4, -0.2) is 32.3 Å². The molecule has 1 amide bonds. The highest BCUT2D eigenvalue weighted by Crippen LogP contribution is 2.23. The Bertz CT molecular complexity index is 497. The number of rotatable bonds is 7. The summed E-state index contributed by atoms with van der Waals surface area (Å²) in [5.74, 6) is 0.174. The van der Waals surface area contributed by atoms with Crippen LogP contribution in [0.4, 0.5) is 5.69 Å². The number of nitrogens with two attached hydrogens (primary N) is 1. The molecule has 1 unspecified atom stereocenters. The van der Waals surface area contributed by atoms with Crippen molar-refractivity contribution in [2.24, 2.45) is 0 Å². The molecule has 108 valence electrons. The Balaban J connectivity index is 2.51. The third-order valence-corrected chi connectivity index (χ3v) is 2.64. The van der Waals surface area contributed by atoms with Crippen molar-refractivity contribution in [2.75, 3.05) is 26.0 Å². The number of nitrogens with one attached hydrogen (secondary N) is 1. The summed E-state index contributed by atoms with van der Waals surface area (Å²) in [6, 6.07) is 6.67. The van der Waals surface area contributed by atoms with Crippen LogP contribution in [-0.2, 0) is 9.53 Å². The maximum absolute atomic E-state index is 11.8. The first-order valence-electron chi connectivity index (χ1n) is 6.31. The van der Waals surface area contributed by atoms with Crippen LogP contribution in [0.2, 0.25) is 0 Å². The number of carbonyl (C=O) groups excluding carboxylic acids is 1. The molecule has 0 heterocycles. The van der Waals surface area contributed by atoms with Gasteiger partial charge in [-0.05, 0) is 31.5 Å². The van der Waals surface area contributed by atoms with Crippen LogP contribution in [0.15, 0.2) is 18.2 Å². The number of nitrogen functional groups attached to an aromatic ring is 1. The van der Waals surface area contributed by atoms with Gasteiger partial charge in [-0.2, -0.15) is 5.26 Å². The highest BCUT2D eigenvalue weighted by atomic mass is 16.5. The van der Waals surface area contributed by atoms with Crippen LogP contribution in [0.1, 0.15) is 18.9 Å². The molecule has 20 heavy (non-hydrogen) atoms. The summed E-state index contributed by atoms with van der Waals surface area (Å²) in [7, 11) is 1.61. The monoisotopic (exact) mass is 277 g/mol. The summed E-state index contributed by atoms with van der Waals surface area (Å²) >= 11 is 0. The molecule has 0 aliphatic heterocycles. The van der Waals surface area contributed by atoms with E-state index in [1.54, 1.807) is 26.2 Å². The van der Waals surface area contributed by atoms with Crippen molar-refractivity contribution in [3.8, 4) is 11.8 Å². The molecule has 0 saturated heterocycles. The zero-order valence-electron chi connectivity index (χ0n) is 11.7. The number of ether oxygens (including phenoxy) is 2. The lowest BCUT2D eigenvalue weighted by Gasteiger charge is -2.16. The van der Waals surface area contributed by atoms with Gasteiger partial charge in [0, 0.05) is 20.3 Å². The first-order chi connectivity index (χ1) is 9.58. The molecule has 0 aliphatic carbocycles. The van der Waals surface area contributed by atoms with Crippen molar-refractivity contribution in [3.63, 3.8) is 0 Å². The lowest BCUT2D eigenvalue weighted by atomic mass is 10.2. The predicted molar refractivity (Wildman–Crippen MR) is 75.2 cm³/mol. The number of anilines is 1. The van der Waals surface area contributed by atoms with Gasteiger partial charge in [-0.15, -0.1) is 0 Å². The van der Waals surface area contributed by atoms with Crippen LogP contribution < -0.4 is 15.8 Å². The molecule has 1 aromatic carbocycles. The summed E-state index contributed by atoms with van der Waals surface area (Å²) in [5, 5.41) is 11.5. The van der Waals surface area contributed by atoms with E-state index in [-0.39, 0.29) is 5.91 Å². The second-order valence-electron chi connectivity index (χ2n) is 4.26. The van der Waals surface area contributed by atoms with Crippen molar-refractivity contribution in [3.05, 3.63) is 23.8 Å². The Morgan fingerprint density at radius 1 is 1.55 bits per heavy atom. The van der Waals surface area contributed by atoms with E-state index in [1.165, 1.54) is 6.07 Å². The van der Waals surface area contributed by atoms with E-state index in [1.807, 2.05) is 6.07 Å². The van der Waals surface area contributed by atoms with Gasteiger partial charge >= 0.3 is 0 Å². The topological polar surface area (TPSA) is 97.4 Å². The van der Waals surface area contributed by atoms with Gasteiger partial charge < -0.3 is 20.5 Å². The van der Waals surface area contributed by atoms with Crippen molar-refractivity contribution >= 4 is 11.6 Å². The molecule has 6 nitrogen and oxygen atoms in total. The highest BCUT2D eigenvalue weighted by molar-refractivity contribution is 5.80.